The van der Waals surface area contributed by atoms with E-state index in [9.17, 15) is 4.39 Å². The summed E-state index contributed by atoms with van der Waals surface area (Å²) in [5.74, 6) is -0.434. The first-order valence-corrected chi connectivity index (χ1v) is 6.37. The van der Waals surface area contributed by atoms with Crippen molar-refractivity contribution in [1.82, 2.24) is 0 Å². The number of hydrogen-bond acceptors (Lipinski definition) is 3. The van der Waals surface area contributed by atoms with Gasteiger partial charge in [-0.1, -0.05) is 0 Å². The quantitative estimate of drug-likeness (QED) is 0.763. The minimum atomic E-state index is -0.434. The number of hydrogen-bond donors (Lipinski definition) is 0. The van der Waals surface area contributed by atoms with Crippen molar-refractivity contribution in [2.24, 2.45) is 0 Å². The van der Waals surface area contributed by atoms with E-state index >= 15 is 0 Å². The van der Waals surface area contributed by atoms with Crippen LogP contribution in [0.2, 0.25) is 0 Å². The molecule has 18 heavy (non-hydrogen) atoms. The first-order chi connectivity index (χ1) is 8.79. The molecule has 3 nitrogen and oxygen atoms in total. The highest BCUT2D eigenvalue weighted by Crippen LogP contribution is 2.33. The lowest BCUT2D eigenvalue weighted by Gasteiger charge is -2.39. The smallest absolute Gasteiger partial charge is 0.143 e. The molecule has 4 heteroatoms. The van der Waals surface area contributed by atoms with Crippen LogP contribution < -0.4 is 4.90 Å². The van der Waals surface area contributed by atoms with E-state index in [0.717, 1.165) is 25.1 Å². The predicted octanol–water partition coefficient (Wildman–Crippen LogP) is 2.46. The lowest BCUT2D eigenvalue weighted by molar-refractivity contribution is 0.0256. The summed E-state index contributed by atoms with van der Waals surface area (Å²) in [6, 6.07) is 7.09. The van der Waals surface area contributed by atoms with E-state index < -0.39 is 5.82 Å². The average Bonchev–Trinajstić information content (AvgIpc) is 2.86. The number of nitriles is 1. The Labute approximate surface area is 106 Å². The van der Waals surface area contributed by atoms with Gasteiger partial charge in [-0.3, -0.25) is 0 Å². The van der Waals surface area contributed by atoms with Crippen LogP contribution >= 0.6 is 0 Å². The molecule has 1 aromatic carbocycles. The average molecular weight is 246 g/mol. The third-order valence-electron chi connectivity index (χ3n) is 3.89. The van der Waals surface area contributed by atoms with Crippen molar-refractivity contribution in [3.8, 4) is 6.07 Å². The van der Waals surface area contributed by atoms with Crippen LogP contribution in [0.4, 0.5) is 10.1 Å². The zero-order valence-corrected chi connectivity index (χ0v) is 10.1. The summed E-state index contributed by atoms with van der Waals surface area (Å²) in [6.07, 6.45) is 3.66. The van der Waals surface area contributed by atoms with Gasteiger partial charge in [0.25, 0.3) is 0 Å². The topological polar surface area (TPSA) is 36.3 Å². The Bertz CT molecular complexity index is 497. The zero-order valence-electron chi connectivity index (χ0n) is 10.1. The second-order valence-electron chi connectivity index (χ2n) is 4.88. The fourth-order valence-electron chi connectivity index (χ4n) is 3.02. The second-order valence-corrected chi connectivity index (χ2v) is 4.88. The fourth-order valence-corrected chi connectivity index (χ4v) is 3.02. The Balaban J connectivity index is 1.90. The van der Waals surface area contributed by atoms with Crippen LogP contribution in [0.25, 0.3) is 0 Å². The molecule has 2 atom stereocenters. The third-order valence-corrected chi connectivity index (χ3v) is 3.89. The van der Waals surface area contributed by atoms with Gasteiger partial charge >= 0.3 is 0 Å². The number of nitrogens with zero attached hydrogens (tertiary/aromatic N) is 2. The maximum atomic E-state index is 13.7. The first kappa shape index (κ1) is 11.5. The summed E-state index contributed by atoms with van der Waals surface area (Å²) in [5, 5.41) is 8.75. The summed E-state index contributed by atoms with van der Waals surface area (Å²) in [4.78, 5) is 2.23. The van der Waals surface area contributed by atoms with Crippen LogP contribution in [-0.4, -0.2) is 25.3 Å². The molecule has 0 radical (unpaired) electrons. The normalized spacial score (nSPS) is 26.8. The summed E-state index contributed by atoms with van der Waals surface area (Å²) >= 11 is 0. The summed E-state index contributed by atoms with van der Waals surface area (Å²) in [5.41, 5.74) is 0.974. The van der Waals surface area contributed by atoms with Gasteiger partial charge in [-0.15, -0.1) is 0 Å². The molecule has 0 spiro atoms. The van der Waals surface area contributed by atoms with Gasteiger partial charge in [-0.25, -0.2) is 4.39 Å². The van der Waals surface area contributed by atoms with E-state index in [0.29, 0.717) is 12.6 Å². The number of ether oxygens (including phenoxy) is 1. The fraction of sp³-hybridized carbons (Fsp3) is 0.500. The van der Waals surface area contributed by atoms with Crippen molar-refractivity contribution in [2.45, 2.75) is 31.4 Å². The van der Waals surface area contributed by atoms with Crippen molar-refractivity contribution >= 4 is 5.69 Å². The lowest BCUT2D eigenvalue weighted by Crippen LogP contribution is -2.48. The number of rotatable bonds is 1. The molecule has 0 amide bonds. The molecule has 1 aromatic rings. The van der Waals surface area contributed by atoms with E-state index in [1.165, 1.54) is 12.5 Å². The second kappa shape index (κ2) is 4.58. The van der Waals surface area contributed by atoms with Gasteiger partial charge in [0.2, 0.25) is 0 Å². The molecule has 1 saturated carbocycles. The Morgan fingerprint density at radius 1 is 1.39 bits per heavy atom. The highest BCUT2D eigenvalue weighted by atomic mass is 19.1. The van der Waals surface area contributed by atoms with Crippen molar-refractivity contribution in [3.05, 3.63) is 29.6 Å². The molecule has 94 valence electrons. The minimum Gasteiger partial charge on any atom is -0.374 e. The van der Waals surface area contributed by atoms with Gasteiger partial charge in [-0.2, -0.15) is 5.26 Å². The largest absolute Gasteiger partial charge is 0.374 e. The Morgan fingerprint density at radius 3 is 3.06 bits per heavy atom. The van der Waals surface area contributed by atoms with Gasteiger partial charge in [0.1, 0.15) is 11.9 Å². The van der Waals surface area contributed by atoms with Gasteiger partial charge < -0.3 is 9.64 Å². The Morgan fingerprint density at radius 2 is 2.28 bits per heavy atom. The predicted molar refractivity (Wildman–Crippen MR) is 65.8 cm³/mol. The van der Waals surface area contributed by atoms with Crippen LogP contribution in [0.3, 0.4) is 0 Å². The van der Waals surface area contributed by atoms with Crippen molar-refractivity contribution in [1.29, 1.82) is 5.26 Å². The number of anilines is 1. The van der Waals surface area contributed by atoms with Crippen molar-refractivity contribution < 1.29 is 9.13 Å². The molecule has 2 fully saturated rings. The van der Waals surface area contributed by atoms with Gasteiger partial charge in [0.15, 0.2) is 0 Å². The monoisotopic (exact) mass is 246 g/mol. The molecule has 3 rings (SSSR count). The standard InChI is InChI=1S/C14H15FN2O/c15-12-8-11(5-4-10(12)9-16)17-6-7-18-14-3-1-2-13(14)17/h4-5,8,13-14H,1-3,6-7H2. The molecule has 0 aromatic heterocycles. The maximum Gasteiger partial charge on any atom is 0.143 e. The van der Waals surface area contributed by atoms with Crippen LogP contribution in [0, 0.1) is 17.1 Å². The maximum absolute atomic E-state index is 13.7. The van der Waals surface area contributed by atoms with E-state index in [2.05, 4.69) is 4.90 Å². The zero-order chi connectivity index (χ0) is 12.5. The highest BCUT2D eigenvalue weighted by Gasteiger charge is 2.36. The highest BCUT2D eigenvalue weighted by molar-refractivity contribution is 5.52. The summed E-state index contributed by atoms with van der Waals surface area (Å²) in [7, 11) is 0. The molecular weight excluding hydrogens is 231 g/mol. The number of halogens is 1. The van der Waals surface area contributed by atoms with Crippen LogP contribution in [0.1, 0.15) is 24.8 Å². The molecule has 0 N–H and O–H groups in total. The molecule has 1 aliphatic carbocycles. The van der Waals surface area contributed by atoms with Crippen LogP contribution in [0.5, 0.6) is 0 Å². The van der Waals surface area contributed by atoms with Crippen LogP contribution in [0.15, 0.2) is 18.2 Å². The van der Waals surface area contributed by atoms with E-state index in [4.69, 9.17) is 10.00 Å². The number of morpholine rings is 1. The van der Waals surface area contributed by atoms with Gasteiger partial charge in [0, 0.05) is 12.2 Å². The van der Waals surface area contributed by atoms with Crippen molar-refractivity contribution in [2.75, 3.05) is 18.1 Å². The summed E-state index contributed by atoms with van der Waals surface area (Å²) in [6.45, 7) is 1.50. The van der Waals surface area contributed by atoms with Gasteiger partial charge in [0.05, 0.1) is 24.3 Å². The van der Waals surface area contributed by atoms with E-state index in [1.807, 2.05) is 12.1 Å². The summed E-state index contributed by atoms with van der Waals surface area (Å²) < 4.78 is 19.4. The molecule has 1 aliphatic heterocycles. The van der Waals surface area contributed by atoms with Crippen molar-refractivity contribution in [3.63, 3.8) is 0 Å². The van der Waals surface area contributed by atoms with Gasteiger partial charge in [-0.05, 0) is 37.5 Å². The molecule has 1 heterocycles. The molecule has 1 saturated heterocycles. The third kappa shape index (κ3) is 1.85. The van der Waals surface area contributed by atoms with E-state index in [1.54, 1.807) is 6.07 Å². The lowest BCUT2D eigenvalue weighted by atomic mass is 10.1. The minimum absolute atomic E-state index is 0.106. The Hall–Kier alpha value is -1.60. The number of benzene rings is 1. The first-order valence-electron chi connectivity index (χ1n) is 6.37. The SMILES string of the molecule is N#Cc1ccc(N2CCOC3CCCC32)cc1F. The van der Waals surface area contributed by atoms with Crippen LogP contribution in [-0.2, 0) is 4.74 Å². The Kier molecular flexibility index (Phi) is 2.92. The molecule has 2 unspecified atom stereocenters. The number of fused-ring (bicyclic) bond motifs is 1. The van der Waals surface area contributed by atoms with E-state index in [-0.39, 0.29) is 11.7 Å². The molecule has 2 aliphatic rings. The molecule has 0 bridgehead atoms. The molecular formula is C14H15FN2O.